The highest BCUT2D eigenvalue weighted by Crippen LogP contribution is 2.82. The maximum absolute atomic E-state index is 14.1. The number of aliphatic hydroxyl groups excluding tert-OH is 1. The second-order valence-electron chi connectivity index (χ2n) is 14.7. The van der Waals surface area contributed by atoms with E-state index < -0.39 is 22.9 Å². The van der Waals surface area contributed by atoms with Crippen molar-refractivity contribution in [3.05, 3.63) is 0 Å². The Labute approximate surface area is 204 Å². The maximum atomic E-state index is 14.1. The number of hydrogen-bond donors (Lipinski definition) is 1. The molecule has 1 N–H and O–H groups in total. The molecule has 0 aromatic rings. The van der Waals surface area contributed by atoms with Gasteiger partial charge in [0.25, 0.3) is 0 Å². The molecule has 6 fully saturated rings. The summed E-state index contributed by atoms with van der Waals surface area (Å²) < 4.78 is 13.4. The fourth-order valence-electron chi connectivity index (χ4n) is 10.6. The summed E-state index contributed by atoms with van der Waals surface area (Å²) >= 11 is 0. The monoisotopic (exact) mass is 472 g/mol. The van der Waals surface area contributed by atoms with Crippen molar-refractivity contribution in [3.63, 3.8) is 0 Å². The molecule has 34 heavy (non-hydrogen) atoms. The molecule has 5 nitrogen and oxygen atoms in total. The molecule has 2 saturated heterocycles. The van der Waals surface area contributed by atoms with Crippen molar-refractivity contribution in [1.82, 2.24) is 0 Å². The minimum Gasteiger partial charge on any atom is -0.390 e. The van der Waals surface area contributed by atoms with E-state index in [1.54, 1.807) is 0 Å². The van der Waals surface area contributed by atoms with Gasteiger partial charge in [-0.3, -0.25) is 9.59 Å². The summed E-state index contributed by atoms with van der Waals surface area (Å²) in [5.74, 6) is 1.37. The summed E-state index contributed by atoms with van der Waals surface area (Å²) in [6.07, 6.45) is 6.15. The largest absolute Gasteiger partial charge is 0.390 e. The van der Waals surface area contributed by atoms with Crippen LogP contribution < -0.4 is 0 Å². The van der Waals surface area contributed by atoms with Crippen LogP contribution in [-0.2, 0) is 19.1 Å². The van der Waals surface area contributed by atoms with Crippen molar-refractivity contribution in [2.45, 2.75) is 123 Å². The van der Waals surface area contributed by atoms with Crippen molar-refractivity contribution in [2.75, 3.05) is 0 Å². The average molecular weight is 473 g/mol. The predicted molar refractivity (Wildman–Crippen MR) is 128 cm³/mol. The third-order valence-corrected chi connectivity index (χ3v) is 12.3. The van der Waals surface area contributed by atoms with Gasteiger partial charge in [0.15, 0.2) is 5.79 Å². The van der Waals surface area contributed by atoms with Gasteiger partial charge in [0.2, 0.25) is 0 Å². The zero-order valence-electron chi connectivity index (χ0n) is 22.2. The Balaban J connectivity index is 1.35. The number of aliphatic hydroxyl groups is 1. The molecule has 190 valence electrons. The SMILES string of the molecule is CC1OC2(CCC(O)C(C)(C)O2)C2C[C@@H]3C[C@]3(C3(C)CC4(C)CCC(=O)C(C)(C)C4CC3=O)C12. The Morgan fingerprint density at radius 2 is 1.71 bits per heavy atom. The van der Waals surface area contributed by atoms with Crippen LogP contribution in [0.5, 0.6) is 0 Å². The third-order valence-electron chi connectivity index (χ3n) is 12.3. The minimum absolute atomic E-state index is 0.0131. The van der Waals surface area contributed by atoms with Gasteiger partial charge in [-0.05, 0) is 81.5 Å². The van der Waals surface area contributed by atoms with Crippen LogP contribution in [0.3, 0.4) is 0 Å². The highest BCUT2D eigenvalue weighted by molar-refractivity contribution is 5.91. The zero-order valence-corrected chi connectivity index (χ0v) is 22.2. The molecule has 8 unspecified atom stereocenters. The van der Waals surface area contributed by atoms with E-state index in [0.717, 1.165) is 32.1 Å². The van der Waals surface area contributed by atoms with Crippen molar-refractivity contribution < 1.29 is 24.2 Å². The minimum atomic E-state index is -0.632. The molecular formula is C29H44O5. The van der Waals surface area contributed by atoms with Crippen LogP contribution in [0.1, 0.15) is 99.8 Å². The number of rotatable bonds is 1. The van der Waals surface area contributed by atoms with E-state index in [9.17, 15) is 14.7 Å². The molecule has 0 bridgehead atoms. The molecule has 4 aliphatic carbocycles. The summed E-state index contributed by atoms with van der Waals surface area (Å²) in [6.45, 7) is 14.9. The Kier molecular flexibility index (Phi) is 4.55. The molecule has 5 heteroatoms. The first-order valence-electron chi connectivity index (χ1n) is 13.8. The first kappa shape index (κ1) is 23.6. The van der Waals surface area contributed by atoms with Gasteiger partial charge >= 0.3 is 0 Å². The van der Waals surface area contributed by atoms with E-state index in [0.29, 0.717) is 42.7 Å². The number of carbonyl (C=O) groups is 2. The van der Waals surface area contributed by atoms with E-state index in [1.807, 2.05) is 13.8 Å². The average Bonchev–Trinajstić information content (AvgIpc) is 3.25. The molecule has 0 aromatic heterocycles. The van der Waals surface area contributed by atoms with E-state index in [1.165, 1.54) is 0 Å². The molecular weight excluding hydrogens is 428 g/mol. The fourth-order valence-corrected chi connectivity index (χ4v) is 10.6. The highest BCUT2D eigenvalue weighted by Gasteiger charge is 2.82. The Hall–Kier alpha value is -0.780. The van der Waals surface area contributed by atoms with Gasteiger partial charge in [-0.1, -0.05) is 27.7 Å². The van der Waals surface area contributed by atoms with E-state index in [-0.39, 0.29) is 34.2 Å². The normalized spacial score (nSPS) is 57.3. The van der Waals surface area contributed by atoms with Gasteiger partial charge in [0.05, 0.1) is 17.8 Å². The van der Waals surface area contributed by atoms with E-state index in [4.69, 9.17) is 9.47 Å². The number of ketones is 2. The second kappa shape index (κ2) is 6.55. The second-order valence-corrected chi connectivity index (χ2v) is 14.7. The van der Waals surface area contributed by atoms with Gasteiger partial charge in [-0.2, -0.15) is 0 Å². The molecule has 2 heterocycles. The van der Waals surface area contributed by atoms with Gasteiger partial charge in [-0.15, -0.1) is 0 Å². The van der Waals surface area contributed by atoms with Crippen molar-refractivity contribution in [1.29, 1.82) is 0 Å². The number of ether oxygens (including phenoxy) is 2. The quantitative estimate of drug-likeness (QED) is 0.576. The smallest absolute Gasteiger partial charge is 0.172 e. The Bertz CT molecular complexity index is 954. The van der Waals surface area contributed by atoms with Crippen LogP contribution in [0.4, 0.5) is 0 Å². The summed E-state index contributed by atoms with van der Waals surface area (Å²) in [6, 6.07) is 0. The summed E-state index contributed by atoms with van der Waals surface area (Å²) in [7, 11) is 0. The van der Waals surface area contributed by atoms with Crippen LogP contribution in [-0.4, -0.2) is 40.3 Å². The maximum Gasteiger partial charge on any atom is 0.172 e. The fraction of sp³-hybridized carbons (Fsp3) is 0.931. The first-order chi connectivity index (χ1) is 15.6. The molecule has 6 rings (SSSR count). The number of hydrogen-bond acceptors (Lipinski definition) is 5. The summed E-state index contributed by atoms with van der Waals surface area (Å²) in [5, 5.41) is 10.5. The molecule has 4 saturated carbocycles. The lowest BCUT2D eigenvalue weighted by molar-refractivity contribution is -0.331. The summed E-state index contributed by atoms with van der Waals surface area (Å²) in [4.78, 5) is 26.9. The van der Waals surface area contributed by atoms with E-state index >= 15 is 0 Å². The molecule has 6 aliphatic rings. The van der Waals surface area contributed by atoms with Gasteiger partial charge in [0, 0.05) is 36.0 Å². The Morgan fingerprint density at radius 3 is 2.38 bits per heavy atom. The number of fused-ring (bicyclic) bond motifs is 5. The highest BCUT2D eigenvalue weighted by atomic mass is 16.7. The molecule has 0 amide bonds. The third kappa shape index (κ3) is 2.62. The molecule has 0 aromatic carbocycles. The number of Topliss-reactive ketones (excluding diaryl/α,β-unsaturated/α-hetero) is 2. The topological polar surface area (TPSA) is 72.8 Å². The van der Waals surface area contributed by atoms with E-state index in [2.05, 4.69) is 34.6 Å². The molecule has 1 spiro atoms. The zero-order chi connectivity index (χ0) is 24.7. The van der Waals surface area contributed by atoms with Crippen molar-refractivity contribution >= 4 is 11.6 Å². The molecule has 0 radical (unpaired) electrons. The van der Waals surface area contributed by atoms with Crippen LogP contribution >= 0.6 is 0 Å². The molecule has 10 atom stereocenters. The summed E-state index contributed by atoms with van der Waals surface area (Å²) in [5.41, 5.74) is -1.41. The number of carbonyl (C=O) groups excluding carboxylic acids is 2. The predicted octanol–water partition coefficient (Wildman–Crippen LogP) is 5.07. The van der Waals surface area contributed by atoms with Gasteiger partial charge < -0.3 is 14.6 Å². The lowest BCUT2D eigenvalue weighted by Gasteiger charge is -2.58. The molecule has 2 aliphatic heterocycles. The standard InChI is InChI=1S/C29H44O5/c1-16-23-18(29(33-16)11-9-21(31)25(4,5)34-29)12-17-14-28(17,23)27(7)15-26(6)10-8-20(30)24(2,3)19(26)13-22(27)32/h16-19,21,23,31H,8-15H2,1-7H3/t16?,17-,18?,19?,21?,23?,26?,27?,28-,29?/m1/s1. The first-order valence-corrected chi connectivity index (χ1v) is 13.8. The van der Waals surface area contributed by atoms with Crippen molar-refractivity contribution in [2.24, 2.45) is 45.3 Å². The van der Waals surface area contributed by atoms with Crippen LogP contribution in [0, 0.1) is 45.3 Å². The Morgan fingerprint density at radius 1 is 1.00 bits per heavy atom. The lowest BCUT2D eigenvalue weighted by atomic mass is 9.44. The van der Waals surface area contributed by atoms with Crippen LogP contribution in [0.15, 0.2) is 0 Å². The van der Waals surface area contributed by atoms with Crippen molar-refractivity contribution in [3.8, 4) is 0 Å². The van der Waals surface area contributed by atoms with Gasteiger partial charge in [-0.25, -0.2) is 0 Å². The van der Waals surface area contributed by atoms with Crippen LogP contribution in [0.2, 0.25) is 0 Å². The van der Waals surface area contributed by atoms with Gasteiger partial charge in [0.1, 0.15) is 11.6 Å². The van der Waals surface area contributed by atoms with Crippen LogP contribution in [0.25, 0.3) is 0 Å². The lowest BCUT2D eigenvalue weighted by Crippen LogP contribution is -2.59.